The lowest BCUT2D eigenvalue weighted by Crippen LogP contribution is -2.55. The molecule has 0 saturated carbocycles. The molecule has 0 bridgehead atoms. The second-order valence-electron chi connectivity index (χ2n) is 8.86. The first-order valence-electron chi connectivity index (χ1n) is 10.8. The van der Waals surface area contributed by atoms with Gasteiger partial charge in [-0.3, -0.25) is 9.78 Å². The summed E-state index contributed by atoms with van der Waals surface area (Å²) in [5.41, 5.74) is 1.38. The van der Waals surface area contributed by atoms with Gasteiger partial charge in [0.15, 0.2) is 0 Å². The number of carbonyl (C=O) groups is 2. The standard InChI is InChI=1S/C25H31N3O4/c1-19-17-27(24(30)32-25(2,3)4)14-15-28(19)23(29)12-9-20-7-10-22(11-8-20)31-18-21-6-5-13-26-16-21/h5-13,16,19H,14-15,17-18H2,1-4H3/b12-9+/t19-/m0/s1. The molecular weight excluding hydrogens is 406 g/mol. The molecule has 170 valence electrons. The van der Waals surface area contributed by atoms with E-state index in [2.05, 4.69) is 4.98 Å². The highest BCUT2D eigenvalue weighted by molar-refractivity contribution is 5.92. The molecule has 1 aromatic carbocycles. The van der Waals surface area contributed by atoms with Crippen molar-refractivity contribution in [2.45, 2.75) is 45.9 Å². The molecule has 2 amide bonds. The molecule has 2 heterocycles. The fraction of sp³-hybridized carbons (Fsp3) is 0.400. The van der Waals surface area contributed by atoms with Crippen LogP contribution >= 0.6 is 0 Å². The average molecular weight is 438 g/mol. The van der Waals surface area contributed by atoms with E-state index in [1.807, 2.05) is 64.1 Å². The smallest absolute Gasteiger partial charge is 0.410 e. The van der Waals surface area contributed by atoms with Crippen LogP contribution in [0.15, 0.2) is 54.9 Å². The molecular formula is C25H31N3O4. The molecule has 1 aromatic heterocycles. The number of piperazine rings is 1. The Morgan fingerprint density at radius 3 is 2.53 bits per heavy atom. The molecule has 1 atom stereocenters. The maximum Gasteiger partial charge on any atom is 0.410 e. The van der Waals surface area contributed by atoms with Gasteiger partial charge in [0, 0.05) is 49.7 Å². The molecule has 0 N–H and O–H groups in total. The number of carbonyl (C=O) groups excluding carboxylic acids is 2. The Hall–Kier alpha value is -3.35. The van der Waals surface area contributed by atoms with Crippen LogP contribution in [0.1, 0.15) is 38.8 Å². The first kappa shape index (κ1) is 23.3. The van der Waals surface area contributed by atoms with Crippen molar-refractivity contribution in [1.82, 2.24) is 14.8 Å². The Labute approximate surface area is 189 Å². The molecule has 1 saturated heterocycles. The van der Waals surface area contributed by atoms with Gasteiger partial charge in [0.1, 0.15) is 18.0 Å². The Morgan fingerprint density at radius 2 is 1.91 bits per heavy atom. The van der Waals surface area contributed by atoms with Gasteiger partial charge in [-0.25, -0.2) is 4.79 Å². The highest BCUT2D eigenvalue weighted by Crippen LogP contribution is 2.17. The van der Waals surface area contributed by atoms with Crippen molar-refractivity contribution in [3.05, 3.63) is 66.0 Å². The Bertz CT molecular complexity index is 936. The van der Waals surface area contributed by atoms with E-state index in [0.29, 0.717) is 26.2 Å². The van der Waals surface area contributed by atoms with Gasteiger partial charge in [-0.2, -0.15) is 0 Å². The van der Waals surface area contributed by atoms with Gasteiger partial charge in [-0.05, 0) is 57.5 Å². The van der Waals surface area contributed by atoms with Crippen molar-refractivity contribution in [2.24, 2.45) is 0 Å². The monoisotopic (exact) mass is 437 g/mol. The summed E-state index contributed by atoms with van der Waals surface area (Å²) in [5, 5.41) is 0. The van der Waals surface area contributed by atoms with E-state index in [1.54, 1.807) is 34.3 Å². The molecule has 0 radical (unpaired) electrons. The first-order chi connectivity index (χ1) is 15.2. The first-order valence-corrected chi connectivity index (χ1v) is 10.8. The van der Waals surface area contributed by atoms with E-state index in [4.69, 9.17) is 9.47 Å². The number of rotatable bonds is 5. The number of amides is 2. The third-order valence-corrected chi connectivity index (χ3v) is 4.99. The lowest BCUT2D eigenvalue weighted by molar-refractivity contribution is -0.130. The van der Waals surface area contributed by atoms with Gasteiger partial charge in [-0.1, -0.05) is 18.2 Å². The molecule has 0 aliphatic carbocycles. The summed E-state index contributed by atoms with van der Waals surface area (Å²) >= 11 is 0. The lowest BCUT2D eigenvalue weighted by Gasteiger charge is -2.39. The molecule has 7 heteroatoms. The van der Waals surface area contributed by atoms with Gasteiger partial charge in [0.05, 0.1) is 0 Å². The summed E-state index contributed by atoms with van der Waals surface area (Å²) in [5.74, 6) is 0.683. The summed E-state index contributed by atoms with van der Waals surface area (Å²) in [6, 6.07) is 11.3. The predicted octanol–water partition coefficient (Wildman–Crippen LogP) is 4.14. The maximum atomic E-state index is 12.7. The van der Waals surface area contributed by atoms with E-state index < -0.39 is 5.60 Å². The zero-order chi connectivity index (χ0) is 23.1. The molecule has 0 spiro atoms. The van der Waals surface area contributed by atoms with Crippen molar-refractivity contribution in [3.8, 4) is 5.75 Å². The molecule has 0 unspecified atom stereocenters. The number of pyridine rings is 1. The molecule has 1 aliphatic rings. The van der Waals surface area contributed by atoms with E-state index in [0.717, 1.165) is 16.9 Å². The van der Waals surface area contributed by atoms with Crippen LogP contribution in [0.5, 0.6) is 5.75 Å². The van der Waals surface area contributed by atoms with Crippen LogP contribution < -0.4 is 4.74 Å². The number of ether oxygens (including phenoxy) is 2. The molecule has 7 nitrogen and oxygen atoms in total. The van der Waals surface area contributed by atoms with Crippen LogP contribution in [0.4, 0.5) is 4.79 Å². The normalized spacial score (nSPS) is 16.8. The van der Waals surface area contributed by atoms with E-state index in [-0.39, 0.29) is 18.0 Å². The number of aromatic nitrogens is 1. The molecule has 2 aromatic rings. The Kier molecular flexibility index (Phi) is 7.51. The number of nitrogens with zero attached hydrogens (tertiary/aromatic N) is 3. The molecule has 32 heavy (non-hydrogen) atoms. The summed E-state index contributed by atoms with van der Waals surface area (Å²) in [7, 11) is 0. The van der Waals surface area contributed by atoms with Gasteiger partial charge in [-0.15, -0.1) is 0 Å². The molecule has 1 fully saturated rings. The zero-order valence-electron chi connectivity index (χ0n) is 19.2. The van der Waals surface area contributed by atoms with Crippen molar-refractivity contribution >= 4 is 18.1 Å². The average Bonchev–Trinajstić information content (AvgIpc) is 2.76. The van der Waals surface area contributed by atoms with Gasteiger partial charge < -0.3 is 19.3 Å². The van der Waals surface area contributed by atoms with Crippen LogP contribution in [0.3, 0.4) is 0 Å². The van der Waals surface area contributed by atoms with Crippen LogP contribution in [0.2, 0.25) is 0 Å². The lowest BCUT2D eigenvalue weighted by atomic mass is 10.1. The largest absolute Gasteiger partial charge is 0.489 e. The van der Waals surface area contributed by atoms with E-state index in [9.17, 15) is 9.59 Å². The highest BCUT2D eigenvalue weighted by Gasteiger charge is 2.31. The SMILES string of the molecule is C[C@H]1CN(C(=O)OC(C)(C)C)CCN1C(=O)/C=C/c1ccc(OCc2cccnc2)cc1. The quantitative estimate of drug-likeness (QED) is 0.658. The second kappa shape index (κ2) is 10.3. The van der Waals surface area contributed by atoms with Crippen molar-refractivity contribution in [1.29, 1.82) is 0 Å². The van der Waals surface area contributed by atoms with Gasteiger partial charge >= 0.3 is 6.09 Å². The summed E-state index contributed by atoms with van der Waals surface area (Å²) in [6.45, 7) is 9.32. The van der Waals surface area contributed by atoms with Crippen LogP contribution in [0.25, 0.3) is 6.08 Å². The number of benzene rings is 1. The van der Waals surface area contributed by atoms with Crippen LogP contribution in [-0.4, -0.2) is 58.1 Å². The van der Waals surface area contributed by atoms with Crippen molar-refractivity contribution in [2.75, 3.05) is 19.6 Å². The number of hydrogen-bond donors (Lipinski definition) is 0. The Morgan fingerprint density at radius 1 is 1.16 bits per heavy atom. The minimum atomic E-state index is -0.532. The summed E-state index contributed by atoms with van der Waals surface area (Å²) in [6.07, 6.45) is 6.54. The number of hydrogen-bond acceptors (Lipinski definition) is 5. The minimum absolute atomic E-state index is 0.0711. The fourth-order valence-corrected chi connectivity index (χ4v) is 3.37. The van der Waals surface area contributed by atoms with Crippen LogP contribution in [0, 0.1) is 0 Å². The minimum Gasteiger partial charge on any atom is -0.489 e. The Balaban J connectivity index is 1.50. The fourth-order valence-electron chi connectivity index (χ4n) is 3.37. The molecule has 1 aliphatic heterocycles. The topological polar surface area (TPSA) is 72.0 Å². The van der Waals surface area contributed by atoms with Crippen molar-refractivity contribution < 1.29 is 19.1 Å². The third kappa shape index (κ3) is 6.83. The summed E-state index contributed by atoms with van der Waals surface area (Å²) < 4.78 is 11.2. The maximum absolute atomic E-state index is 12.7. The van der Waals surface area contributed by atoms with Crippen LogP contribution in [-0.2, 0) is 16.1 Å². The van der Waals surface area contributed by atoms with Crippen molar-refractivity contribution in [3.63, 3.8) is 0 Å². The van der Waals surface area contributed by atoms with Gasteiger partial charge in [0.25, 0.3) is 0 Å². The highest BCUT2D eigenvalue weighted by atomic mass is 16.6. The second-order valence-corrected chi connectivity index (χ2v) is 8.86. The summed E-state index contributed by atoms with van der Waals surface area (Å²) in [4.78, 5) is 32.5. The van der Waals surface area contributed by atoms with E-state index >= 15 is 0 Å². The zero-order valence-corrected chi connectivity index (χ0v) is 19.2. The van der Waals surface area contributed by atoms with Gasteiger partial charge in [0.2, 0.25) is 5.91 Å². The van der Waals surface area contributed by atoms with E-state index in [1.165, 1.54) is 0 Å². The third-order valence-electron chi connectivity index (χ3n) is 4.99. The predicted molar refractivity (Wildman–Crippen MR) is 123 cm³/mol. The molecule has 3 rings (SSSR count).